The summed E-state index contributed by atoms with van der Waals surface area (Å²) in [4.78, 5) is 32.4. The molecule has 0 unspecified atom stereocenters. The van der Waals surface area contributed by atoms with Crippen molar-refractivity contribution in [2.75, 3.05) is 5.32 Å². The number of pyridine rings is 1. The van der Waals surface area contributed by atoms with Gasteiger partial charge in [-0.1, -0.05) is 35.9 Å². The standard InChI is InChI=1S/C23H17ClN4O3S/c24-19-7-2-1-6-18(19)23-28-16(13-32-23)11-20(29)27-15-8-9-21(26-12-15)31-17-5-3-4-14(10-17)22(25)30/h1-10,12-13H,11H2,(H2,25,30)(H,27,29). The zero-order valence-corrected chi connectivity index (χ0v) is 18.2. The second-order valence-electron chi connectivity index (χ2n) is 6.73. The first-order valence-electron chi connectivity index (χ1n) is 9.51. The van der Waals surface area contributed by atoms with Crippen molar-refractivity contribution in [3.8, 4) is 22.2 Å². The number of thiazole rings is 1. The number of nitrogens with zero attached hydrogens (tertiary/aromatic N) is 2. The minimum absolute atomic E-state index is 0.124. The first kappa shape index (κ1) is 21.5. The van der Waals surface area contributed by atoms with Crippen LogP contribution < -0.4 is 15.8 Å². The summed E-state index contributed by atoms with van der Waals surface area (Å²) in [5, 5.41) is 6.01. The Balaban J connectivity index is 1.36. The van der Waals surface area contributed by atoms with Gasteiger partial charge in [0.2, 0.25) is 17.7 Å². The maximum absolute atomic E-state index is 12.4. The van der Waals surface area contributed by atoms with Crippen molar-refractivity contribution in [1.82, 2.24) is 9.97 Å². The predicted octanol–water partition coefficient (Wildman–Crippen LogP) is 4.93. The lowest BCUT2D eigenvalue weighted by atomic mass is 10.2. The molecule has 2 aromatic carbocycles. The average molecular weight is 465 g/mol. The lowest BCUT2D eigenvalue weighted by Crippen LogP contribution is -2.14. The van der Waals surface area contributed by atoms with Crippen LogP contribution in [0, 0.1) is 0 Å². The number of benzene rings is 2. The Morgan fingerprint density at radius 1 is 1.09 bits per heavy atom. The summed E-state index contributed by atoms with van der Waals surface area (Å²) in [5.41, 5.74) is 7.63. The Morgan fingerprint density at radius 2 is 1.94 bits per heavy atom. The summed E-state index contributed by atoms with van der Waals surface area (Å²) >= 11 is 7.65. The number of hydrogen-bond acceptors (Lipinski definition) is 6. The van der Waals surface area contributed by atoms with Gasteiger partial charge < -0.3 is 15.8 Å². The van der Waals surface area contributed by atoms with Gasteiger partial charge in [0.25, 0.3) is 0 Å². The molecule has 2 amide bonds. The molecule has 3 N–H and O–H groups in total. The number of ether oxygens (including phenoxy) is 1. The van der Waals surface area contributed by atoms with E-state index in [-0.39, 0.29) is 12.3 Å². The van der Waals surface area contributed by atoms with Gasteiger partial charge in [0, 0.05) is 22.6 Å². The van der Waals surface area contributed by atoms with Crippen molar-refractivity contribution < 1.29 is 14.3 Å². The van der Waals surface area contributed by atoms with Crippen LogP contribution in [0.4, 0.5) is 5.69 Å². The number of halogens is 1. The summed E-state index contributed by atoms with van der Waals surface area (Å²) < 4.78 is 5.63. The fraction of sp³-hybridized carbons (Fsp3) is 0.0435. The van der Waals surface area contributed by atoms with Crippen LogP contribution >= 0.6 is 22.9 Å². The zero-order chi connectivity index (χ0) is 22.5. The third-order valence-corrected chi connectivity index (χ3v) is 5.61. The molecule has 0 saturated heterocycles. The van der Waals surface area contributed by atoms with Crippen LogP contribution in [-0.4, -0.2) is 21.8 Å². The molecule has 0 spiro atoms. The van der Waals surface area contributed by atoms with Gasteiger partial charge in [-0.25, -0.2) is 9.97 Å². The molecule has 2 aromatic heterocycles. The number of carbonyl (C=O) groups is 2. The predicted molar refractivity (Wildman–Crippen MR) is 124 cm³/mol. The summed E-state index contributed by atoms with van der Waals surface area (Å²) in [6.45, 7) is 0. The summed E-state index contributed by atoms with van der Waals surface area (Å²) in [6, 6.07) is 17.2. The molecule has 32 heavy (non-hydrogen) atoms. The van der Waals surface area contributed by atoms with Crippen molar-refractivity contribution >= 4 is 40.4 Å². The molecular weight excluding hydrogens is 448 g/mol. The highest BCUT2D eigenvalue weighted by Gasteiger charge is 2.12. The van der Waals surface area contributed by atoms with Crippen molar-refractivity contribution in [3.63, 3.8) is 0 Å². The highest BCUT2D eigenvalue weighted by molar-refractivity contribution is 7.13. The number of amides is 2. The van der Waals surface area contributed by atoms with Crippen LogP contribution in [0.2, 0.25) is 5.02 Å². The van der Waals surface area contributed by atoms with Crippen LogP contribution in [-0.2, 0) is 11.2 Å². The Morgan fingerprint density at radius 3 is 2.69 bits per heavy atom. The normalized spacial score (nSPS) is 10.5. The minimum atomic E-state index is -0.541. The largest absolute Gasteiger partial charge is 0.439 e. The van der Waals surface area contributed by atoms with Gasteiger partial charge in [0.1, 0.15) is 10.8 Å². The van der Waals surface area contributed by atoms with E-state index in [4.69, 9.17) is 22.1 Å². The highest BCUT2D eigenvalue weighted by atomic mass is 35.5. The quantitative estimate of drug-likeness (QED) is 0.403. The molecule has 4 rings (SSSR count). The number of anilines is 1. The van der Waals surface area contributed by atoms with E-state index in [1.165, 1.54) is 23.6 Å². The molecule has 9 heteroatoms. The first-order chi connectivity index (χ1) is 15.5. The third-order valence-electron chi connectivity index (χ3n) is 4.36. The highest BCUT2D eigenvalue weighted by Crippen LogP contribution is 2.30. The molecule has 0 atom stereocenters. The number of primary amides is 1. The number of nitrogens with one attached hydrogen (secondary N) is 1. The SMILES string of the molecule is NC(=O)c1cccc(Oc2ccc(NC(=O)Cc3csc(-c4ccccc4Cl)n3)cn2)c1. The van der Waals surface area contributed by atoms with Crippen LogP contribution in [0.1, 0.15) is 16.1 Å². The van der Waals surface area contributed by atoms with E-state index in [1.807, 2.05) is 23.6 Å². The Kier molecular flexibility index (Phi) is 6.44. The fourth-order valence-electron chi connectivity index (χ4n) is 2.86. The molecule has 2 heterocycles. The second kappa shape index (κ2) is 9.59. The molecule has 0 saturated carbocycles. The average Bonchev–Trinajstić information content (AvgIpc) is 3.23. The Hall–Kier alpha value is -3.75. The van der Waals surface area contributed by atoms with E-state index in [9.17, 15) is 9.59 Å². The summed E-state index contributed by atoms with van der Waals surface area (Å²) in [6.07, 6.45) is 1.61. The van der Waals surface area contributed by atoms with Crippen LogP contribution in [0.15, 0.2) is 72.2 Å². The number of nitrogens with two attached hydrogens (primary N) is 1. The number of rotatable bonds is 7. The summed E-state index contributed by atoms with van der Waals surface area (Å²) in [7, 11) is 0. The fourth-order valence-corrected chi connectivity index (χ4v) is 4.00. The monoisotopic (exact) mass is 464 g/mol. The molecular formula is C23H17ClN4O3S. The second-order valence-corrected chi connectivity index (χ2v) is 7.99. The number of hydrogen-bond donors (Lipinski definition) is 2. The third kappa shape index (κ3) is 5.29. The zero-order valence-electron chi connectivity index (χ0n) is 16.6. The van der Waals surface area contributed by atoms with Crippen molar-refractivity contribution in [2.45, 2.75) is 6.42 Å². The molecule has 7 nitrogen and oxygen atoms in total. The molecule has 160 valence electrons. The van der Waals surface area contributed by atoms with Crippen LogP contribution in [0.5, 0.6) is 11.6 Å². The molecule has 0 fully saturated rings. The van der Waals surface area contributed by atoms with E-state index in [0.717, 1.165) is 10.6 Å². The van der Waals surface area contributed by atoms with Crippen molar-refractivity contribution in [2.24, 2.45) is 5.73 Å². The van der Waals surface area contributed by atoms with Crippen molar-refractivity contribution in [1.29, 1.82) is 0 Å². The van der Waals surface area contributed by atoms with Gasteiger partial charge in [-0.15, -0.1) is 11.3 Å². The number of aromatic nitrogens is 2. The van der Waals surface area contributed by atoms with Gasteiger partial charge in [0.15, 0.2) is 0 Å². The van der Waals surface area contributed by atoms with Gasteiger partial charge in [-0.3, -0.25) is 9.59 Å². The molecule has 0 radical (unpaired) electrons. The van der Waals surface area contributed by atoms with E-state index in [0.29, 0.717) is 33.6 Å². The lowest BCUT2D eigenvalue weighted by molar-refractivity contribution is -0.115. The van der Waals surface area contributed by atoms with Crippen LogP contribution in [0.3, 0.4) is 0 Å². The molecule has 0 aliphatic rings. The maximum atomic E-state index is 12.4. The number of carbonyl (C=O) groups excluding carboxylic acids is 2. The van der Waals surface area contributed by atoms with E-state index >= 15 is 0 Å². The van der Waals surface area contributed by atoms with Gasteiger partial charge in [-0.05, 0) is 30.3 Å². The topological polar surface area (TPSA) is 107 Å². The maximum Gasteiger partial charge on any atom is 0.248 e. The smallest absolute Gasteiger partial charge is 0.248 e. The van der Waals surface area contributed by atoms with Crippen molar-refractivity contribution in [3.05, 3.63) is 88.5 Å². The van der Waals surface area contributed by atoms with E-state index in [2.05, 4.69) is 15.3 Å². The molecule has 0 aliphatic heterocycles. The molecule has 0 aliphatic carbocycles. The Bertz CT molecular complexity index is 1270. The lowest BCUT2D eigenvalue weighted by Gasteiger charge is -2.07. The minimum Gasteiger partial charge on any atom is -0.439 e. The molecule has 4 aromatic rings. The Labute approximate surface area is 192 Å². The summed E-state index contributed by atoms with van der Waals surface area (Å²) in [5.74, 6) is -0.0110. The molecule has 0 bridgehead atoms. The van der Waals surface area contributed by atoms with Crippen LogP contribution in [0.25, 0.3) is 10.6 Å². The first-order valence-corrected chi connectivity index (χ1v) is 10.8. The van der Waals surface area contributed by atoms with E-state index in [1.54, 1.807) is 36.4 Å². The van der Waals surface area contributed by atoms with E-state index < -0.39 is 5.91 Å². The van der Waals surface area contributed by atoms with Gasteiger partial charge in [-0.2, -0.15) is 0 Å². The van der Waals surface area contributed by atoms with Gasteiger partial charge >= 0.3 is 0 Å². The van der Waals surface area contributed by atoms with Gasteiger partial charge in [0.05, 0.1) is 29.0 Å².